The Hall–Kier alpha value is -4.01. The number of hydrogen-bond donors (Lipinski definition) is 8. The van der Waals surface area contributed by atoms with Crippen LogP contribution in [0.5, 0.6) is 0 Å². The molecule has 0 bridgehead atoms. The second-order valence-electron chi connectivity index (χ2n) is 7.18. The highest BCUT2D eigenvalue weighted by molar-refractivity contribution is 5.96. The van der Waals surface area contributed by atoms with E-state index >= 15 is 0 Å². The van der Waals surface area contributed by atoms with E-state index in [9.17, 15) is 28.8 Å². The average molecular weight is 469 g/mol. The number of nitrogens with two attached hydrogens (primary N) is 2. The lowest BCUT2D eigenvalue weighted by Gasteiger charge is -2.24. The normalized spacial score (nSPS) is 14.2. The van der Waals surface area contributed by atoms with E-state index in [0.29, 0.717) is 5.69 Å². The summed E-state index contributed by atoms with van der Waals surface area (Å²) in [6.45, 7) is 1.18. The molecule has 1 heterocycles. The van der Waals surface area contributed by atoms with Crippen LogP contribution in [0.3, 0.4) is 0 Å². The van der Waals surface area contributed by atoms with Crippen molar-refractivity contribution in [3.05, 3.63) is 18.2 Å². The lowest BCUT2D eigenvalue weighted by molar-refractivity contribution is -0.142. The molecule has 0 radical (unpaired) electrons. The third-order valence-corrected chi connectivity index (χ3v) is 4.39. The van der Waals surface area contributed by atoms with Gasteiger partial charge in [0, 0.05) is 24.7 Å². The van der Waals surface area contributed by atoms with Gasteiger partial charge in [-0.1, -0.05) is 0 Å². The molecule has 1 aromatic rings. The van der Waals surface area contributed by atoms with Gasteiger partial charge in [0.15, 0.2) is 0 Å². The van der Waals surface area contributed by atoms with Crippen LogP contribution in [0.15, 0.2) is 12.5 Å². The maximum absolute atomic E-state index is 12.9. The predicted molar refractivity (Wildman–Crippen MR) is 110 cm³/mol. The molecule has 0 spiro atoms. The maximum atomic E-state index is 12.9. The molecule has 0 aliphatic rings. The summed E-state index contributed by atoms with van der Waals surface area (Å²) >= 11 is 0. The first-order valence-corrected chi connectivity index (χ1v) is 9.77. The number of aromatic amines is 1. The number of aliphatic carboxylic acids is 2. The summed E-state index contributed by atoms with van der Waals surface area (Å²) in [5.74, 6) is -6.11. The number of aromatic nitrogens is 2. The molecule has 15 nitrogen and oxygen atoms in total. The van der Waals surface area contributed by atoms with Gasteiger partial charge in [0.05, 0.1) is 18.8 Å². The van der Waals surface area contributed by atoms with E-state index in [2.05, 4.69) is 25.9 Å². The van der Waals surface area contributed by atoms with Crippen LogP contribution in [-0.2, 0) is 35.2 Å². The van der Waals surface area contributed by atoms with E-state index in [0.717, 1.165) is 0 Å². The van der Waals surface area contributed by atoms with Crippen molar-refractivity contribution in [2.24, 2.45) is 11.5 Å². The smallest absolute Gasteiger partial charge is 0.325 e. The first-order chi connectivity index (χ1) is 15.4. The van der Waals surface area contributed by atoms with Crippen LogP contribution < -0.4 is 27.4 Å². The van der Waals surface area contributed by atoms with Gasteiger partial charge in [-0.2, -0.15) is 0 Å². The second-order valence-corrected chi connectivity index (χ2v) is 7.18. The van der Waals surface area contributed by atoms with Gasteiger partial charge in [-0.15, -0.1) is 0 Å². The Morgan fingerprint density at radius 1 is 1.03 bits per heavy atom. The summed E-state index contributed by atoms with van der Waals surface area (Å²) in [4.78, 5) is 77.2. The van der Waals surface area contributed by atoms with Crippen LogP contribution in [0.2, 0.25) is 0 Å². The van der Waals surface area contributed by atoms with Crippen molar-refractivity contribution in [1.82, 2.24) is 25.9 Å². The number of carboxylic acids is 2. The molecule has 0 saturated carbocycles. The van der Waals surface area contributed by atoms with E-state index < -0.39 is 66.2 Å². The zero-order valence-corrected chi connectivity index (χ0v) is 17.7. The summed E-state index contributed by atoms with van der Waals surface area (Å²) in [5, 5.41) is 24.4. The molecule has 1 aromatic heterocycles. The first-order valence-electron chi connectivity index (χ1n) is 9.77. The molecule has 15 heteroatoms. The molecule has 10 N–H and O–H groups in total. The number of nitrogens with zero attached hydrogens (tertiary/aromatic N) is 1. The molecular formula is C18H27N7O8. The SMILES string of the molecule is CC(NC(=O)C(CC(N)=O)NC(=O)C(Cc1cnc[nH]1)NC(=O)C(N)CCC(=O)O)C(=O)O. The fourth-order valence-corrected chi connectivity index (χ4v) is 2.57. The zero-order chi connectivity index (χ0) is 25.1. The largest absolute Gasteiger partial charge is 0.481 e. The van der Waals surface area contributed by atoms with Gasteiger partial charge in [-0.05, 0) is 13.3 Å². The van der Waals surface area contributed by atoms with Crippen LogP contribution in [0.1, 0.15) is 31.9 Å². The summed E-state index contributed by atoms with van der Waals surface area (Å²) in [6.07, 6.45) is 1.43. The third kappa shape index (κ3) is 9.77. The van der Waals surface area contributed by atoms with Crippen LogP contribution in [0, 0.1) is 0 Å². The number of rotatable bonds is 14. The highest BCUT2D eigenvalue weighted by atomic mass is 16.4. The Morgan fingerprint density at radius 3 is 2.15 bits per heavy atom. The summed E-state index contributed by atoms with van der Waals surface area (Å²) in [7, 11) is 0. The monoisotopic (exact) mass is 469 g/mol. The minimum absolute atomic E-state index is 0.111. The number of imidazole rings is 1. The highest BCUT2D eigenvalue weighted by Gasteiger charge is 2.30. The molecule has 0 fully saturated rings. The number of carboxylic acid groups (broad SMARTS) is 2. The van der Waals surface area contributed by atoms with Crippen LogP contribution in [0.4, 0.5) is 0 Å². The van der Waals surface area contributed by atoms with Crippen LogP contribution >= 0.6 is 0 Å². The molecule has 182 valence electrons. The topological polar surface area (TPSA) is 260 Å². The molecular weight excluding hydrogens is 442 g/mol. The Bertz CT molecular complexity index is 873. The van der Waals surface area contributed by atoms with Crippen LogP contribution in [-0.4, -0.2) is 79.9 Å². The Morgan fingerprint density at radius 2 is 1.64 bits per heavy atom. The third-order valence-electron chi connectivity index (χ3n) is 4.39. The van der Waals surface area contributed by atoms with Crippen molar-refractivity contribution < 1.29 is 39.0 Å². The van der Waals surface area contributed by atoms with Gasteiger partial charge in [0.25, 0.3) is 0 Å². The molecule has 4 unspecified atom stereocenters. The molecule has 0 aliphatic carbocycles. The number of primary amides is 1. The van der Waals surface area contributed by atoms with Crippen molar-refractivity contribution in [3.63, 3.8) is 0 Å². The standard InChI is InChI=1S/C18H27N7O8/c1-8(18(32)33)23-16(30)12(5-13(20)26)25-17(31)11(4-9-6-21-7-22-9)24-15(29)10(19)2-3-14(27)28/h6-8,10-12H,2-5,19H2,1H3,(H2,20,26)(H,21,22)(H,23,30)(H,24,29)(H,25,31)(H,27,28)(H,32,33). The molecule has 4 amide bonds. The van der Waals surface area contributed by atoms with E-state index in [4.69, 9.17) is 21.7 Å². The van der Waals surface area contributed by atoms with Gasteiger partial charge < -0.3 is 42.6 Å². The molecule has 0 saturated heterocycles. The second kappa shape index (κ2) is 12.7. The van der Waals surface area contributed by atoms with Gasteiger partial charge in [0.1, 0.15) is 18.1 Å². The van der Waals surface area contributed by atoms with E-state index in [1.807, 2.05) is 0 Å². The van der Waals surface area contributed by atoms with Gasteiger partial charge in [-0.25, -0.2) is 4.98 Å². The molecule has 33 heavy (non-hydrogen) atoms. The summed E-state index contributed by atoms with van der Waals surface area (Å²) in [5.41, 5.74) is 11.2. The summed E-state index contributed by atoms with van der Waals surface area (Å²) < 4.78 is 0. The van der Waals surface area contributed by atoms with Gasteiger partial charge >= 0.3 is 11.9 Å². The Labute approximate surface area is 187 Å². The Kier molecular flexibility index (Phi) is 10.4. The van der Waals surface area contributed by atoms with E-state index in [-0.39, 0.29) is 19.3 Å². The van der Waals surface area contributed by atoms with Crippen molar-refractivity contribution >= 4 is 35.6 Å². The lowest BCUT2D eigenvalue weighted by Crippen LogP contribution is -2.58. The highest BCUT2D eigenvalue weighted by Crippen LogP contribution is 2.04. The molecule has 0 aromatic carbocycles. The number of nitrogens with one attached hydrogen (secondary N) is 4. The first kappa shape index (κ1) is 27.0. The van der Waals surface area contributed by atoms with Crippen LogP contribution in [0.25, 0.3) is 0 Å². The van der Waals surface area contributed by atoms with Crippen molar-refractivity contribution in [1.29, 1.82) is 0 Å². The molecule has 0 aliphatic heterocycles. The van der Waals surface area contributed by atoms with Crippen molar-refractivity contribution in [2.45, 2.75) is 56.8 Å². The van der Waals surface area contributed by atoms with Crippen molar-refractivity contribution in [3.8, 4) is 0 Å². The fraction of sp³-hybridized carbons (Fsp3) is 0.500. The Balaban J connectivity index is 2.99. The number of hydrogen-bond acceptors (Lipinski definition) is 8. The van der Waals surface area contributed by atoms with E-state index in [1.165, 1.54) is 19.4 Å². The minimum atomic E-state index is -1.52. The number of amides is 4. The summed E-state index contributed by atoms with van der Waals surface area (Å²) in [6, 6.07) is -5.34. The van der Waals surface area contributed by atoms with Gasteiger partial charge in [0.2, 0.25) is 23.6 Å². The van der Waals surface area contributed by atoms with E-state index in [1.54, 1.807) is 0 Å². The number of carbonyl (C=O) groups is 6. The fourth-order valence-electron chi connectivity index (χ4n) is 2.57. The quantitative estimate of drug-likeness (QED) is 0.134. The lowest BCUT2D eigenvalue weighted by atomic mass is 10.1. The number of H-pyrrole nitrogens is 1. The molecule has 1 rings (SSSR count). The predicted octanol–water partition coefficient (Wildman–Crippen LogP) is -3.42. The number of carbonyl (C=O) groups excluding carboxylic acids is 4. The molecule has 4 atom stereocenters. The van der Waals surface area contributed by atoms with Crippen molar-refractivity contribution in [2.75, 3.05) is 0 Å². The maximum Gasteiger partial charge on any atom is 0.325 e. The van der Waals surface area contributed by atoms with Gasteiger partial charge in [-0.3, -0.25) is 28.8 Å². The zero-order valence-electron chi connectivity index (χ0n) is 17.7. The average Bonchev–Trinajstić information content (AvgIpc) is 3.23. The minimum Gasteiger partial charge on any atom is -0.481 e.